The molecular weight excluding hydrogens is 738 g/mol. The van der Waals surface area contributed by atoms with Crippen LogP contribution >= 0.6 is 27.7 Å². The summed E-state index contributed by atoms with van der Waals surface area (Å²) in [6, 6.07) is 28.8. The van der Waals surface area contributed by atoms with Gasteiger partial charge in [-0.1, -0.05) is 88.7 Å². The number of alkyl halides is 1. The van der Waals surface area contributed by atoms with E-state index in [1.165, 1.54) is 0 Å². The van der Waals surface area contributed by atoms with Gasteiger partial charge in [-0.05, 0) is 66.1 Å². The molecular formula is C42H42BrN3O5S. The Labute approximate surface area is 317 Å². The van der Waals surface area contributed by atoms with Crippen LogP contribution < -0.4 is 14.5 Å². The normalized spacial score (nSPS) is 25.1. The molecule has 3 unspecified atom stereocenters. The van der Waals surface area contributed by atoms with Crippen molar-refractivity contribution in [3.05, 3.63) is 128 Å². The number of nitrogens with zero attached hydrogens (tertiary/aromatic N) is 3. The Morgan fingerprint density at radius 3 is 2.23 bits per heavy atom. The number of amides is 3. The summed E-state index contributed by atoms with van der Waals surface area (Å²) in [5, 5.41) is 12.8. The SMILES string of the molecule is C=CCN(C(=O)C1N([C@H](CO)c2ccccc2)C(=O)[C@@H]2[C@@H](C(=O)N(CC=C)c3ccc(OCC)cc3)[C@@H]3SC12CC3Br)c1ccc2ccccc2c1. The standard InChI is InChI=1S/C42H42BrN3O5S/c1-4-22-44(30-18-20-32(21-19-30)51-6-3)39(48)35-36-40(49)46(34(26-47)28-13-8-7-9-14-28)38(42(36)25-33(43)37(35)52-42)41(50)45(23-5-2)31-17-16-27-12-10-11-15-29(27)24-31/h4-5,7-21,24,33-38,47H,1-2,6,22-23,25-26H2,3H3/t33?,34-,35-,36+,37-,38?,42?/m1/s1. The van der Waals surface area contributed by atoms with Gasteiger partial charge in [0.1, 0.15) is 11.8 Å². The molecule has 4 aromatic carbocycles. The summed E-state index contributed by atoms with van der Waals surface area (Å²) in [4.78, 5) is 50.3. The lowest BCUT2D eigenvalue weighted by Crippen LogP contribution is -2.56. The number of halogens is 1. The lowest BCUT2D eigenvalue weighted by atomic mass is 9.70. The number of anilines is 2. The molecule has 10 heteroatoms. The first-order valence-corrected chi connectivity index (χ1v) is 19.4. The van der Waals surface area contributed by atoms with Gasteiger partial charge in [0, 0.05) is 34.5 Å². The summed E-state index contributed by atoms with van der Waals surface area (Å²) in [5.74, 6) is -1.59. The van der Waals surface area contributed by atoms with Crippen LogP contribution in [0.5, 0.6) is 5.75 Å². The smallest absolute Gasteiger partial charge is 0.251 e. The van der Waals surface area contributed by atoms with Crippen molar-refractivity contribution in [3.63, 3.8) is 0 Å². The maximum Gasteiger partial charge on any atom is 0.251 e. The van der Waals surface area contributed by atoms with Crippen LogP contribution in [0.1, 0.15) is 24.9 Å². The van der Waals surface area contributed by atoms with Crippen LogP contribution in [0.15, 0.2) is 122 Å². The first-order valence-electron chi connectivity index (χ1n) is 17.6. The van der Waals surface area contributed by atoms with Crippen LogP contribution in [-0.4, -0.2) is 74.9 Å². The van der Waals surface area contributed by atoms with Crippen LogP contribution in [0, 0.1) is 11.8 Å². The largest absolute Gasteiger partial charge is 0.494 e. The zero-order valence-corrected chi connectivity index (χ0v) is 31.4. The average Bonchev–Trinajstić information content (AvgIpc) is 3.76. The molecule has 3 heterocycles. The van der Waals surface area contributed by atoms with Gasteiger partial charge >= 0.3 is 0 Å². The van der Waals surface area contributed by atoms with Gasteiger partial charge in [-0.3, -0.25) is 14.4 Å². The first-order chi connectivity index (χ1) is 25.3. The monoisotopic (exact) mass is 779 g/mol. The van der Waals surface area contributed by atoms with E-state index in [0.29, 0.717) is 35.7 Å². The summed E-state index contributed by atoms with van der Waals surface area (Å²) < 4.78 is 4.70. The molecule has 7 rings (SSSR count). The van der Waals surface area contributed by atoms with Gasteiger partial charge in [-0.25, -0.2) is 0 Å². The predicted octanol–water partition coefficient (Wildman–Crippen LogP) is 7.17. The Hall–Kier alpha value is -4.38. The zero-order chi connectivity index (χ0) is 36.6. The number of hydrogen-bond acceptors (Lipinski definition) is 6. The number of rotatable bonds is 13. The van der Waals surface area contributed by atoms with Gasteiger partial charge in [0.15, 0.2) is 0 Å². The summed E-state index contributed by atoms with van der Waals surface area (Å²) in [5.41, 5.74) is 2.07. The van der Waals surface area contributed by atoms with Gasteiger partial charge in [0.2, 0.25) is 11.8 Å². The van der Waals surface area contributed by atoms with E-state index >= 15 is 9.59 Å². The number of fused-ring (bicyclic) bond motifs is 2. The highest BCUT2D eigenvalue weighted by atomic mass is 79.9. The van der Waals surface area contributed by atoms with E-state index in [9.17, 15) is 9.90 Å². The molecule has 0 radical (unpaired) electrons. The summed E-state index contributed by atoms with van der Waals surface area (Å²) in [6.45, 7) is 10.4. The summed E-state index contributed by atoms with van der Waals surface area (Å²) >= 11 is 5.49. The van der Waals surface area contributed by atoms with Gasteiger partial charge in [0.05, 0.1) is 35.8 Å². The fourth-order valence-corrected chi connectivity index (χ4v) is 12.0. The number of hydrogen-bond donors (Lipinski definition) is 1. The van der Waals surface area contributed by atoms with E-state index in [2.05, 4.69) is 29.1 Å². The molecule has 0 saturated carbocycles. The second-order valence-corrected chi connectivity index (χ2v) is 16.2. The van der Waals surface area contributed by atoms with Crippen molar-refractivity contribution in [2.75, 3.05) is 36.1 Å². The Morgan fingerprint density at radius 1 is 0.942 bits per heavy atom. The number of likely N-dealkylation sites (tertiary alicyclic amines) is 1. The van der Waals surface area contributed by atoms with Crippen molar-refractivity contribution in [1.29, 1.82) is 0 Å². The number of thioether (sulfide) groups is 1. The van der Waals surface area contributed by atoms with Crippen LogP contribution in [0.2, 0.25) is 0 Å². The average molecular weight is 781 g/mol. The molecule has 268 valence electrons. The summed E-state index contributed by atoms with van der Waals surface area (Å²) in [7, 11) is 0. The number of carbonyl (C=O) groups is 3. The van der Waals surface area contributed by atoms with Gasteiger partial charge in [-0.15, -0.1) is 24.9 Å². The molecule has 3 fully saturated rings. The first kappa shape index (κ1) is 36.0. The Balaban J connectivity index is 1.34. The van der Waals surface area contributed by atoms with E-state index in [1.807, 2.05) is 104 Å². The maximum atomic E-state index is 15.4. The van der Waals surface area contributed by atoms with Crippen molar-refractivity contribution in [2.45, 2.75) is 40.3 Å². The van der Waals surface area contributed by atoms with Crippen molar-refractivity contribution < 1.29 is 24.2 Å². The molecule has 3 aliphatic heterocycles. The second-order valence-electron chi connectivity index (χ2n) is 13.5. The van der Waals surface area contributed by atoms with Crippen LogP contribution in [0.4, 0.5) is 11.4 Å². The minimum Gasteiger partial charge on any atom is -0.494 e. The molecule has 52 heavy (non-hydrogen) atoms. The maximum absolute atomic E-state index is 15.4. The molecule has 4 aromatic rings. The minimum absolute atomic E-state index is 0.130. The third-order valence-electron chi connectivity index (χ3n) is 10.6. The van der Waals surface area contributed by atoms with Crippen molar-refractivity contribution in [2.24, 2.45) is 11.8 Å². The van der Waals surface area contributed by atoms with Crippen molar-refractivity contribution in [1.82, 2.24) is 4.90 Å². The van der Waals surface area contributed by atoms with Crippen LogP contribution in [-0.2, 0) is 14.4 Å². The second kappa shape index (κ2) is 14.9. The Bertz CT molecular complexity index is 1990. The zero-order valence-electron chi connectivity index (χ0n) is 29.0. The Kier molecular flexibility index (Phi) is 10.3. The van der Waals surface area contributed by atoms with Gasteiger partial charge in [-0.2, -0.15) is 0 Å². The molecule has 1 spiro atoms. The third-order valence-corrected chi connectivity index (χ3v) is 13.8. The molecule has 1 N–H and O–H groups in total. The highest BCUT2D eigenvalue weighted by Crippen LogP contribution is 2.69. The molecule has 3 aliphatic rings. The highest BCUT2D eigenvalue weighted by Gasteiger charge is 2.76. The highest BCUT2D eigenvalue weighted by molar-refractivity contribution is 9.09. The quantitative estimate of drug-likeness (QED) is 0.114. The van der Waals surface area contributed by atoms with Crippen LogP contribution in [0.3, 0.4) is 0 Å². The molecule has 3 saturated heterocycles. The van der Waals surface area contributed by atoms with E-state index < -0.39 is 28.7 Å². The lowest BCUT2D eigenvalue weighted by molar-refractivity contribution is -0.142. The number of carbonyl (C=O) groups excluding carboxylic acids is 3. The molecule has 8 nitrogen and oxygen atoms in total. The molecule has 0 aliphatic carbocycles. The number of aliphatic hydroxyl groups excluding tert-OH is 1. The fraction of sp³-hybridized carbons (Fsp3) is 0.310. The van der Waals surface area contributed by atoms with E-state index in [0.717, 1.165) is 10.8 Å². The van der Waals surface area contributed by atoms with Gasteiger partial charge in [0.25, 0.3) is 5.91 Å². The van der Waals surface area contributed by atoms with Gasteiger partial charge < -0.3 is 24.5 Å². The topological polar surface area (TPSA) is 90.4 Å². The number of ether oxygens (including phenoxy) is 1. The number of aliphatic hydroxyl groups is 1. The minimum atomic E-state index is -0.972. The van der Waals surface area contributed by atoms with E-state index in [4.69, 9.17) is 4.74 Å². The van der Waals surface area contributed by atoms with Crippen LogP contribution in [0.25, 0.3) is 10.8 Å². The third kappa shape index (κ3) is 6.04. The molecule has 0 aromatic heterocycles. The molecule has 7 atom stereocenters. The predicted molar refractivity (Wildman–Crippen MR) is 212 cm³/mol. The summed E-state index contributed by atoms with van der Waals surface area (Å²) in [6.07, 6.45) is 3.87. The lowest BCUT2D eigenvalue weighted by Gasteiger charge is -2.40. The molecule has 2 bridgehead atoms. The number of benzene rings is 4. The van der Waals surface area contributed by atoms with E-state index in [-0.39, 0.29) is 47.5 Å². The van der Waals surface area contributed by atoms with Crippen molar-refractivity contribution >= 4 is 67.6 Å². The van der Waals surface area contributed by atoms with E-state index in [1.54, 1.807) is 38.6 Å². The Morgan fingerprint density at radius 2 is 1.58 bits per heavy atom. The fourth-order valence-electron chi connectivity index (χ4n) is 8.46. The molecule has 3 amide bonds. The van der Waals surface area contributed by atoms with Crippen molar-refractivity contribution in [3.8, 4) is 5.75 Å².